The Morgan fingerprint density at radius 2 is 2.12 bits per heavy atom. The maximum Gasteiger partial charge on any atom is 0.326 e. The molecule has 2 atom stereocenters. The van der Waals surface area contributed by atoms with Crippen molar-refractivity contribution >= 4 is 11.9 Å². The number of carbonyl (C=O) groups excluding carboxylic acids is 1. The number of hydrogen-bond acceptors (Lipinski definition) is 3. The van der Waals surface area contributed by atoms with Gasteiger partial charge >= 0.3 is 5.97 Å². The van der Waals surface area contributed by atoms with Crippen molar-refractivity contribution in [2.75, 3.05) is 13.7 Å². The van der Waals surface area contributed by atoms with Gasteiger partial charge in [-0.1, -0.05) is 19.8 Å². The highest BCUT2D eigenvalue weighted by molar-refractivity contribution is 5.84. The fourth-order valence-electron chi connectivity index (χ4n) is 2.15. The molecule has 1 aliphatic rings. The lowest BCUT2D eigenvalue weighted by Crippen LogP contribution is -2.40. The van der Waals surface area contributed by atoms with Gasteiger partial charge in [0.1, 0.15) is 6.04 Å². The SMILES string of the molecule is CCCCCC(=O)N1CC(OC)CC1C(=O)O. The van der Waals surface area contributed by atoms with Gasteiger partial charge in [0.25, 0.3) is 0 Å². The Labute approximate surface area is 102 Å². The van der Waals surface area contributed by atoms with E-state index in [1.807, 2.05) is 0 Å². The second-order valence-corrected chi connectivity index (χ2v) is 4.45. The van der Waals surface area contributed by atoms with Crippen molar-refractivity contribution < 1.29 is 19.4 Å². The molecule has 98 valence electrons. The molecule has 5 heteroatoms. The van der Waals surface area contributed by atoms with Gasteiger partial charge in [-0.15, -0.1) is 0 Å². The van der Waals surface area contributed by atoms with E-state index in [-0.39, 0.29) is 12.0 Å². The Bertz CT molecular complexity index is 280. The number of nitrogens with zero attached hydrogens (tertiary/aromatic N) is 1. The molecule has 0 aliphatic carbocycles. The van der Waals surface area contributed by atoms with E-state index >= 15 is 0 Å². The molecule has 0 radical (unpaired) electrons. The van der Waals surface area contributed by atoms with Gasteiger partial charge in [-0.25, -0.2) is 4.79 Å². The first-order valence-corrected chi connectivity index (χ1v) is 6.15. The van der Waals surface area contributed by atoms with Crippen LogP contribution in [0.15, 0.2) is 0 Å². The van der Waals surface area contributed by atoms with Crippen LogP contribution in [0.1, 0.15) is 39.0 Å². The van der Waals surface area contributed by atoms with Gasteiger partial charge in [0.15, 0.2) is 0 Å². The minimum atomic E-state index is -0.937. The fourth-order valence-corrected chi connectivity index (χ4v) is 2.15. The summed E-state index contributed by atoms with van der Waals surface area (Å²) < 4.78 is 5.14. The Morgan fingerprint density at radius 1 is 1.41 bits per heavy atom. The maximum atomic E-state index is 11.9. The molecule has 0 aromatic carbocycles. The number of rotatable bonds is 6. The molecular weight excluding hydrogens is 222 g/mol. The van der Waals surface area contributed by atoms with Crippen LogP contribution in [0.5, 0.6) is 0 Å². The van der Waals surface area contributed by atoms with Crippen LogP contribution < -0.4 is 0 Å². The molecule has 1 heterocycles. The zero-order valence-electron chi connectivity index (χ0n) is 10.5. The van der Waals surface area contributed by atoms with Gasteiger partial charge in [0.2, 0.25) is 5.91 Å². The number of hydrogen-bond donors (Lipinski definition) is 1. The lowest BCUT2D eigenvalue weighted by molar-refractivity contribution is -0.148. The molecule has 0 bridgehead atoms. The van der Waals surface area contributed by atoms with Crippen molar-refractivity contribution in [2.45, 2.75) is 51.2 Å². The molecule has 17 heavy (non-hydrogen) atoms. The topological polar surface area (TPSA) is 66.8 Å². The zero-order chi connectivity index (χ0) is 12.8. The molecule has 0 aromatic rings. The standard InChI is InChI=1S/C12H21NO4/c1-3-4-5-6-11(14)13-8-9(17-2)7-10(13)12(15)16/h9-10H,3-8H2,1-2H3,(H,15,16). The van der Waals surface area contributed by atoms with Gasteiger partial charge < -0.3 is 14.7 Å². The van der Waals surface area contributed by atoms with E-state index < -0.39 is 12.0 Å². The van der Waals surface area contributed by atoms with Gasteiger partial charge in [0.05, 0.1) is 6.10 Å². The average molecular weight is 243 g/mol. The highest BCUT2D eigenvalue weighted by atomic mass is 16.5. The van der Waals surface area contributed by atoms with Crippen molar-refractivity contribution in [3.8, 4) is 0 Å². The van der Waals surface area contributed by atoms with Crippen molar-refractivity contribution in [3.05, 3.63) is 0 Å². The second kappa shape index (κ2) is 6.59. The number of unbranched alkanes of at least 4 members (excludes halogenated alkanes) is 2. The minimum absolute atomic E-state index is 0.0644. The Hall–Kier alpha value is -1.10. The maximum absolute atomic E-state index is 11.9. The van der Waals surface area contributed by atoms with Gasteiger partial charge in [-0.05, 0) is 6.42 Å². The molecule has 1 amide bonds. The van der Waals surface area contributed by atoms with E-state index in [0.29, 0.717) is 19.4 Å². The van der Waals surface area contributed by atoms with Crippen LogP contribution in [0.2, 0.25) is 0 Å². The summed E-state index contributed by atoms with van der Waals surface area (Å²) in [6.07, 6.45) is 3.57. The monoisotopic (exact) mass is 243 g/mol. The molecule has 1 N–H and O–H groups in total. The van der Waals surface area contributed by atoms with Crippen LogP contribution in [0, 0.1) is 0 Å². The highest BCUT2D eigenvalue weighted by Gasteiger charge is 2.39. The van der Waals surface area contributed by atoms with Crippen LogP contribution in [0.3, 0.4) is 0 Å². The van der Waals surface area contributed by atoms with Crippen LogP contribution >= 0.6 is 0 Å². The van der Waals surface area contributed by atoms with Crippen LogP contribution in [-0.2, 0) is 14.3 Å². The van der Waals surface area contributed by atoms with Crippen molar-refractivity contribution in [1.82, 2.24) is 4.90 Å². The average Bonchev–Trinajstić information content (AvgIpc) is 2.73. The van der Waals surface area contributed by atoms with E-state index in [1.165, 1.54) is 4.90 Å². The number of carbonyl (C=O) groups is 2. The second-order valence-electron chi connectivity index (χ2n) is 4.45. The smallest absolute Gasteiger partial charge is 0.326 e. The fraction of sp³-hybridized carbons (Fsp3) is 0.833. The third-order valence-electron chi connectivity index (χ3n) is 3.20. The first kappa shape index (κ1) is 14.0. The molecule has 0 saturated carbocycles. The van der Waals surface area contributed by atoms with Crippen LogP contribution in [-0.4, -0.2) is 47.7 Å². The molecule has 5 nitrogen and oxygen atoms in total. The normalized spacial score (nSPS) is 24.0. The number of amides is 1. The summed E-state index contributed by atoms with van der Waals surface area (Å²) in [6, 6.07) is -0.714. The molecule has 0 aromatic heterocycles. The largest absolute Gasteiger partial charge is 0.480 e. The number of likely N-dealkylation sites (tertiary alicyclic amines) is 1. The molecule has 1 fully saturated rings. The molecule has 2 unspecified atom stereocenters. The number of ether oxygens (including phenoxy) is 1. The Morgan fingerprint density at radius 3 is 2.65 bits per heavy atom. The van der Waals surface area contributed by atoms with Crippen molar-refractivity contribution in [1.29, 1.82) is 0 Å². The summed E-state index contributed by atoms with van der Waals surface area (Å²) in [5, 5.41) is 9.07. The lowest BCUT2D eigenvalue weighted by atomic mass is 10.1. The predicted octanol–water partition coefficient (Wildman–Crippen LogP) is 1.27. The molecule has 1 aliphatic heterocycles. The Kier molecular flexibility index (Phi) is 5.41. The summed E-state index contributed by atoms with van der Waals surface area (Å²) in [6.45, 7) is 2.47. The molecule has 1 saturated heterocycles. The molecule has 0 spiro atoms. The third kappa shape index (κ3) is 3.70. The summed E-state index contributed by atoms with van der Waals surface area (Å²) in [4.78, 5) is 24.4. The first-order chi connectivity index (χ1) is 8.10. The summed E-state index contributed by atoms with van der Waals surface area (Å²) >= 11 is 0. The van der Waals surface area contributed by atoms with Crippen LogP contribution in [0.4, 0.5) is 0 Å². The predicted molar refractivity (Wildman–Crippen MR) is 62.7 cm³/mol. The number of methoxy groups -OCH3 is 1. The van der Waals surface area contributed by atoms with E-state index in [0.717, 1.165) is 19.3 Å². The Balaban J connectivity index is 2.54. The summed E-state index contributed by atoms with van der Waals surface area (Å²) in [5.74, 6) is -1.00. The lowest BCUT2D eigenvalue weighted by Gasteiger charge is -2.21. The minimum Gasteiger partial charge on any atom is -0.480 e. The van der Waals surface area contributed by atoms with Gasteiger partial charge in [-0.3, -0.25) is 4.79 Å². The highest BCUT2D eigenvalue weighted by Crippen LogP contribution is 2.21. The first-order valence-electron chi connectivity index (χ1n) is 6.15. The van der Waals surface area contributed by atoms with E-state index in [2.05, 4.69) is 6.92 Å². The van der Waals surface area contributed by atoms with E-state index in [1.54, 1.807) is 7.11 Å². The molecule has 1 rings (SSSR count). The summed E-state index contributed by atoms with van der Waals surface area (Å²) in [7, 11) is 1.55. The number of carboxylic acid groups (broad SMARTS) is 1. The van der Waals surface area contributed by atoms with E-state index in [9.17, 15) is 9.59 Å². The van der Waals surface area contributed by atoms with Crippen molar-refractivity contribution in [2.24, 2.45) is 0 Å². The van der Waals surface area contributed by atoms with Crippen LogP contribution in [0.25, 0.3) is 0 Å². The zero-order valence-corrected chi connectivity index (χ0v) is 10.5. The van der Waals surface area contributed by atoms with Crippen molar-refractivity contribution in [3.63, 3.8) is 0 Å². The third-order valence-corrected chi connectivity index (χ3v) is 3.20. The van der Waals surface area contributed by atoms with E-state index in [4.69, 9.17) is 9.84 Å². The van der Waals surface area contributed by atoms with Gasteiger partial charge in [0, 0.05) is 26.5 Å². The summed E-state index contributed by atoms with van der Waals surface area (Å²) in [5.41, 5.74) is 0. The van der Waals surface area contributed by atoms with Gasteiger partial charge in [-0.2, -0.15) is 0 Å². The number of aliphatic carboxylic acids is 1. The molecular formula is C12H21NO4. The quantitative estimate of drug-likeness (QED) is 0.713. The number of carboxylic acids is 1.